The molecule has 1 aliphatic heterocycles. The SMILES string of the molecule is CN1C(=O)CC(C(=O)NCc2cccnc2)C1c1cccc(Cl)c1. The first-order valence-electron chi connectivity index (χ1n) is 7.74. The number of hydrogen-bond acceptors (Lipinski definition) is 3. The lowest BCUT2D eigenvalue weighted by molar-refractivity contribution is -0.128. The van der Waals surface area contributed by atoms with E-state index in [9.17, 15) is 9.59 Å². The zero-order chi connectivity index (χ0) is 17.1. The Hall–Kier alpha value is -2.40. The Balaban J connectivity index is 1.77. The van der Waals surface area contributed by atoms with Gasteiger partial charge in [0.25, 0.3) is 0 Å². The summed E-state index contributed by atoms with van der Waals surface area (Å²) in [5, 5.41) is 3.50. The zero-order valence-electron chi connectivity index (χ0n) is 13.3. The fourth-order valence-electron chi connectivity index (χ4n) is 3.07. The quantitative estimate of drug-likeness (QED) is 0.928. The Morgan fingerprint density at radius 2 is 2.21 bits per heavy atom. The lowest BCUT2D eigenvalue weighted by Crippen LogP contribution is -2.34. The van der Waals surface area contributed by atoms with Gasteiger partial charge in [0.15, 0.2) is 0 Å². The highest BCUT2D eigenvalue weighted by Gasteiger charge is 2.42. The summed E-state index contributed by atoms with van der Waals surface area (Å²) >= 11 is 6.06. The number of nitrogens with one attached hydrogen (secondary N) is 1. The van der Waals surface area contributed by atoms with E-state index in [1.165, 1.54) is 0 Å². The monoisotopic (exact) mass is 343 g/mol. The van der Waals surface area contributed by atoms with Gasteiger partial charge in [0.05, 0.1) is 12.0 Å². The molecule has 1 aromatic carbocycles. The Morgan fingerprint density at radius 3 is 2.92 bits per heavy atom. The van der Waals surface area contributed by atoms with Crippen LogP contribution in [0.15, 0.2) is 48.8 Å². The average Bonchev–Trinajstić information content (AvgIpc) is 2.89. The highest BCUT2D eigenvalue weighted by Crippen LogP contribution is 2.37. The standard InChI is InChI=1S/C18H18ClN3O2/c1-22-16(23)9-15(17(22)13-5-2-6-14(19)8-13)18(24)21-11-12-4-3-7-20-10-12/h2-8,10,15,17H,9,11H2,1H3,(H,21,24). The summed E-state index contributed by atoms with van der Waals surface area (Å²) < 4.78 is 0. The summed E-state index contributed by atoms with van der Waals surface area (Å²) in [6.07, 6.45) is 3.60. The van der Waals surface area contributed by atoms with E-state index >= 15 is 0 Å². The largest absolute Gasteiger partial charge is 0.352 e. The van der Waals surface area contributed by atoms with Crippen molar-refractivity contribution >= 4 is 23.4 Å². The number of aromatic nitrogens is 1. The van der Waals surface area contributed by atoms with Crippen LogP contribution in [-0.2, 0) is 16.1 Å². The van der Waals surface area contributed by atoms with E-state index in [-0.39, 0.29) is 24.3 Å². The second-order valence-corrected chi connectivity index (χ2v) is 6.33. The number of benzene rings is 1. The number of carbonyl (C=O) groups excluding carboxylic acids is 2. The number of pyridine rings is 1. The van der Waals surface area contributed by atoms with Gasteiger partial charge in [-0.2, -0.15) is 0 Å². The van der Waals surface area contributed by atoms with Gasteiger partial charge in [-0.15, -0.1) is 0 Å². The van der Waals surface area contributed by atoms with E-state index in [1.54, 1.807) is 30.4 Å². The van der Waals surface area contributed by atoms with Gasteiger partial charge >= 0.3 is 0 Å². The number of carbonyl (C=O) groups is 2. The van der Waals surface area contributed by atoms with Crippen LogP contribution in [0.25, 0.3) is 0 Å². The molecule has 2 aromatic rings. The first kappa shape index (κ1) is 16.5. The summed E-state index contributed by atoms with van der Waals surface area (Å²) in [4.78, 5) is 30.4. The molecule has 0 radical (unpaired) electrons. The van der Waals surface area contributed by atoms with Crippen molar-refractivity contribution in [3.63, 3.8) is 0 Å². The molecule has 2 amide bonds. The second-order valence-electron chi connectivity index (χ2n) is 5.89. The van der Waals surface area contributed by atoms with Crippen LogP contribution in [0, 0.1) is 5.92 Å². The van der Waals surface area contributed by atoms with Crippen molar-refractivity contribution in [1.29, 1.82) is 0 Å². The molecule has 1 saturated heterocycles. The van der Waals surface area contributed by atoms with Crippen LogP contribution in [0.3, 0.4) is 0 Å². The molecule has 1 fully saturated rings. The number of halogens is 1. The second kappa shape index (κ2) is 7.01. The van der Waals surface area contributed by atoms with E-state index in [2.05, 4.69) is 10.3 Å². The first-order chi connectivity index (χ1) is 11.6. The summed E-state index contributed by atoms with van der Waals surface area (Å²) in [6, 6.07) is 10.7. The summed E-state index contributed by atoms with van der Waals surface area (Å²) in [5.74, 6) is -0.610. The molecular formula is C18H18ClN3O2. The maximum absolute atomic E-state index is 12.6. The Labute approximate surface area is 145 Å². The van der Waals surface area contributed by atoms with Gasteiger partial charge in [-0.3, -0.25) is 14.6 Å². The minimum atomic E-state index is -0.433. The first-order valence-corrected chi connectivity index (χ1v) is 8.12. The van der Waals surface area contributed by atoms with Gasteiger partial charge < -0.3 is 10.2 Å². The third-order valence-corrected chi connectivity index (χ3v) is 4.54. The van der Waals surface area contributed by atoms with Crippen molar-refractivity contribution in [3.8, 4) is 0 Å². The summed E-state index contributed by atoms with van der Waals surface area (Å²) in [6.45, 7) is 0.392. The molecule has 0 bridgehead atoms. The molecule has 2 heterocycles. The van der Waals surface area contributed by atoms with Crippen molar-refractivity contribution in [2.24, 2.45) is 5.92 Å². The lowest BCUT2D eigenvalue weighted by atomic mass is 9.93. The van der Waals surface area contributed by atoms with Crippen LogP contribution < -0.4 is 5.32 Å². The highest BCUT2D eigenvalue weighted by atomic mass is 35.5. The van der Waals surface area contributed by atoms with Crippen LogP contribution >= 0.6 is 11.6 Å². The molecule has 0 aliphatic carbocycles. The van der Waals surface area contributed by atoms with Crippen LogP contribution in [0.2, 0.25) is 5.02 Å². The number of rotatable bonds is 4. The van der Waals surface area contributed by atoms with Gasteiger partial charge in [-0.1, -0.05) is 29.8 Å². The minimum Gasteiger partial charge on any atom is -0.352 e. The van der Waals surface area contributed by atoms with E-state index in [4.69, 9.17) is 11.6 Å². The Bertz CT molecular complexity index is 751. The van der Waals surface area contributed by atoms with Crippen LogP contribution in [0.5, 0.6) is 0 Å². The Morgan fingerprint density at radius 1 is 1.38 bits per heavy atom. The lowest BCUT2D eigenvalue weighted by Gasteiger charge is -2.25. The summed E-state index contributed by atoms with van der Waals surface area (Å²) in [7, 11) is 1.72. The van der Waals surface area contributed by atoms with Crippen molar-refractivity contribution in [2.75, 3.05) is 7.05 Å². The molecule has 2 unspecified atom stereocenters. The third-order valence-electron chi connectivity index (χ3n) is 4.30. The van der Waals surface area contributed by atoms with Gasteiger partial charge in [0.2, 0.25) is 11.8 Å². The maximum Gasteiger partial charge on any atom is 0.226 e. The molecule has 24 heavy (non-hydrogen) atoms. The van der Waals surface area contributed by atoms with Gasteiger partial charge in [0.1, 0.15) is 0 Å². The van der Waals surface area contributed by atoms with Gasteiger partial charge in [-0.25, -0.2) is 0 Å². The normalized spacial score (nSPS) is 20.2. The molecule has 2 atom stereocenters. The third kappa shape index (κ3) is 3.41. The van der Waals surface area contributed by atoms with E-state index in [1.807, 2.05) is 30.3 Å². The number of likely N-dealkylation sites (tertiary alicyclic amines) is 1. The maximum atomic E-state index is 12.6. The predicted molar refractivity (Wildman–Crippen MR) is 91.2 cm³/mol. The molecule has 3 rings (SSSR count). The molecule has 0 spiro atoms. The highest BCUT2D eigenvalue weighted by molar-refractivity contribution is 6.30. The molecular weight excluding hydrogens is 326 g/mol. The molecule has 1 N–H and O–H groups in total. The fraction of sp³-hybridized carbons (Fsp3) is 0.278. The predicted octanol–water partition coefficient (Wildman–Crippen LogP) is 2.57. The number of hydrogen-bond donors (Lipinski definition) is 1. The van der Waals surface area contributed by atoms with Crippen molar-refractivity contribution in [3.05, 3.63) is 64.9 Å². The molecule has 0 saturated carbocycles. The van der Waals surface area contributed by atoms with E-state index < -0.39 is 5.92 Å². The molecule has 1 aliphatic rings. The average molecular weight is 344 g/mol. The topological polar surface area (TPSA) is 62.3 Å². The molecule has 6 heteroatoms. The molecule has 1 aromatic heterocycles. The van der Waals surface area contributed by atoms with Crippen LogP contribution in [0.4, 0.5) is 0 Å². The van der Waals surface area contributed by atoms with Gasteiger partial charge in [-0.05, 0) is 29.3 Å². The fourth-order valence-corrected chi connectivity index (χ4v) is 3.27. The smallest absolute Gasteiger partial charge is 0.226 e. The minimum absolute atomic E-state index is 0.0403. The summed E-state index contributed by atoms with van der Waals surface area (Å²) in [5.41, 5.74) is 1.79. The van der Waals surface area contributed by atoms with Crippen molar-refractivity contribution < 1.29 is 9.59 Å². The van der Waals surface area contributed by atoms with Crippen LogP contribution in [0.1, 0.15) is 23.6 Å². The number of nitrogens with zero attached hydrogens (tertiary/aromatic N) is 2. The van der Waals surface area contributed by atoms with Crippen molar-refractivity contribution in [1.82, 2.24) is 15.2 Å². The van der Waals surface area contributed by atoms with E-state index in [0.717, 1.165) is 11.1 Å². The molecule has 124 valence electrons. The number of amides is 2. The van der Waals surface area contributed by atoms with Gasteiger partial charge in [0, 0.05) is 37.4 Å². The molecule has 5 nitrogen and oxygen atoms in total. The zero-order valence-corrected chi connectivity index (χ0v) is 14.0. The van der Waals surface area contributed by atoms with Crippen LogP contribution in [-0.4, -0.2) is 28.7 Å². The van der Waals surface area contributed by atoms with Crippen molar-refractivity contribution in [2.45, 2.75) is 19.0 Å². The van der Waals surface area contributed by atoms with E-state index in [0.29, 0.717) is 11.6 Å². The Kier molecular flexibility index (Phi) is 4.81.